The van der Waals surface area contributed by atoms with Crippen LogP contribution in [0.25, 0.3) is 0 Å². The molecule has 0 bridgehead atoms. The van der Waals surface area contributed by atoms with Crippen LogP contribution < -0.4 is 4.72 Å². The van der Waals surface area contributed by atoms with Gasteiger partial charge in [-0.15, -0.1) is 0 Å². The molecular weight excluding hydrogens is 391 g/mol. The van der Waals surface area contributed by atoms with Crippen molar-refractivity contribution in [3.05, 3.63) is 53.6 Å². The van der Waals surface area contributed by atoms with Gasteiger partial charge in [0.15, 0.2) is 0 Å². The second-order valence-electron chi connectivity index (χ2n) is 4.98. The summed E-state index contributed by atoms with van der Waals surface area (Å²) in [6, 6.07) is 5.32. The van der Waals surface area contributed by atoms with Gasteiger partial charge < -0.3 is 9.47 Å². The van der Waals surface area contributed by atoms with Crippen LogP contribution in [0.4, 0.5) is 18.9 Å². The number of ether oxygens (including phenoxy) is 2. The number of carbonyl (C=O) groups excluding carboxylic acids is 2. The van der Waals surface area contributed by atoms with Gasteiger partial charge in [-0.25, -0.2) is 9.59 Å². The number of para-hydroxylation sites is 1. The molecule has 0 saturated heterocycles. The molecule has 7 nitrogen and oxygen atoms in total. The van der Waals surface area contributed by atoms with Gasteiger partial charge in [0.25, 0.3) is 0 Å². The lowest BCUT2D eigenvalue weighted by atomic mass is 10.0. The number of rotatable bonds is 7. The van der Waals surface area contributed by atoms with E-state index < -0.39 is 27.5 Å². The van der Waals surface area contributed by atoms with Gasteiger partial charge in [-0.3, -0.25) is 4.72 Å². The second-order valence-corrected chi connectivity index (χ2v) is 6.66. The van der Waals surface area contributed by atoms with E-state index in [0.717, 1.165) is 32.4 Å². The summed E-state index contributed by atoms with van der Waals surface area (Å²) >= 11 is 0. The van der Waals surface area contributed by atoms with E-state index in [1.165, 1.54) is 29.0 Å². The summed E-state index contributed by atoms with van der Waals surface area (Å²) in [6.45, 7) is 0. The molecule has 0 saturated carbocycles. The predicted molar refractivity (Wildman–Crippen MR) is 90.0 cm³/mol. The Kier molecular flexibility index (Phi) is 7.58. The maximum atomic E-state index is 12.6. The molecule has 0 amide bonds. The lowest BCUT2D eigenvalue weighted by molar-refractivity contribution is -0.135. The molecule has 0 aliphatic heterocycles. The van der Waals surface area contributed by atoms with Crippen LogP contribution in [-0.4, -0.2) is 40.1 Å². The van der Waals surface area contributed by atoms with Gasteiger partial charge in [0, 0.05) is 12.2 Å². The Balaban J connectivity index is 3.24. The van der Waals surface area contributed by atoms with E-state index >= 15 is 0 Å². The third-order valence-corrected chi connectivity index (χ3v) is 4.20. The highest BCUT2D eigenvalue weighted by Crippen LogP contribution is 2.28. The van der Waals surface area contributed by atoms with Crippen molar-refractivity contribution in [3.8, 4) is 0 Å². The molecule has 0 radical (unpaired) electrons. The monoisotopic (exact) mass is 407 g/mol. The molecule has 0 aromatic heterocycles. The molecule has 0 aliphatic carbocycles. The average Bonchev–Trinajstić information content (AvgIpc) is 2.59. The lowest BCUT2D eigenvalue weighted by Crippen LogP contribution is -2.30. The molecule has 0 atom stereocenters. The summed E-state index contributed by atoms with van der Waals surface area (Å²) in [5, 5.41) is 0. The van der Waals surface area contributed by atoms with Gasteiger partial charge in [-0.05, 0) is 23.6 Å². The van der Waals surface area contributed by atoms with Gasteiger partial charge in [0.2, 0.25) is 0 Å². The number of methoxy groups -OCH3 is 2. The Morgan fingerprint density at radius 2 is 1.67 bits per heavy atom. The number of carbonyl (C=O) groups is 2. The average molecular weight is 407 g/mol. The number of benzene rings is 1. The number of hydrogen-bond donors (Lipinski definition) is 1. The first-order chi connectivity index (χ1) is 12.5. The Labute approximate surface area is 153 Å². The van der Waals surface area contributed by atoms with Crippen LogP contribution in [0.1, 0.15) is 5.56 Å². The van der Waals surface area contributed by atoms with E-state index in [-0.39, 0.29) is 23.2 Å². The van der Waals surface area contributed by atoms with Crippen molar-refractivity contribution < 1.29 is 40.7 Å². The van der Waals surface area contributed by atoms with Gasteiger partial charge in [-0.1, -0.05) is 24.3 Å². The second kappa shape index (κ2) is 9.21. The molecule has 0 aliphatic rings. The normalized spacial score (nSPS) is 12.7. The number of nitrogens with one attached hydrogen (secondary N) is 1. The van der Waals surface area contributed by atoms with E-state index in [0.29, 0.717) is 0 Å². The van der Waals surface area contributed by atoms with Crippen LogP contribution in [-0.2, 0) is 35.5 Å². The van der Waals surface area contributed by atoms with E-state index in [1.54, 1.807) is 0 Å². The fraction of sp³-hybridized carbons (Fsp3) is 0.250. The van der Waals surface area contributed by atoms with Crippen molar-refractivity contribution in [1.29, 1.82) is 0 Å². The highest BCUT2D eigenvalue weighted by Gasteiger charge is 2.46. The fourth-order valence-electron chi connectivity index (χ4n) is 1.81. The fourth-order valence-corrected chi connectivity index (χ4v) is 2.41. The van der Waals surface area contributed by atoms with E-state index in [2.05, 4.69) is 9.47 Å². The molecule has 0 unspecified atom stereocenters. The summed E-state index contributed by atoms with van der Waals surface area (Å²) in [7, 11) is -3.37. The number of halogens is 3. The van der Waals surface area contributed by atoms with Gasteiger partial charge in [0.1, 0.15) is 0 Å². The van der Waals surface area contributed by atoms with E-state index in [9.17, 15) is 31.2 Å². The van der Waals surface area contributed by atoms with Crippen molar-refractivity contribution in [3.63, 3.8) is 0 Å². The molecule has 11 heteroatoms. The molecule has 1 N–H and O–H groups in total. The zero-order valence-corrected chi connectivity index (χ0v) is 15.1. The smallest absolute Gasteiger partial charge is 0.466 e. The third-order valence-electron chi connectivity index (χ3n) is 3.10. The first kappa shape index (κ1) is 22.2. The highest BCUT2D eigenvalue weighted by molar-refractivity contribution is 7.93. The van der Waals surface area contributed by atoms with Crippen LogP contribution >= 0.6 is 0 Å². The van der Waals surface area contributed by atoms with Crippen LogP contribution in [0.3, 0.4) is 0 Å². The van der Waals surface area contributed by atoms with Crippen molar-refractivity contribution in [2.45, 2.75) is 11.9 Å². The molecule has 0 spiro atoms. The Hall–Kier alpha value is -2.82. The van der Waals surface area contributed by atoms with Crippen LogP contribution in [0.15, 0.2) is 48.1 Å². The molecule has 0 heterocycles. The SMILES string of the molecule is COC(=O)/C=C(\C=C\C(=O)OC)Cc1ccccc1NS(=O)(=O)C(F)(F)F. The molecule has 0 fully saturated rings. The first-order valence-corrected chi connectivity index (χ1v) is 8.70. The zero-order valence-electron chi connectivity index (χ0n) is 14.2. The number of allylic oxidation sites excluding steroid dienone is 2. The number of anilines is 1. The van der Waals surface area contributed by atoms with Crippen molar-refractivity contribution >= 4 is 27.6 Å². The number of sulfonamides is 1. The summed E-state index contributed by atoms with van der Waals surface area (Å²) in [5.41, 5.74) is -5.51. The van der Waals surface area contributed by atoms with E-state index in [4.69, 9.17) is 0 Å². The molecule has 1 rings (SSSR count). The maximum Gasteiger partial charge on any atom is 0.516 e. The standard InChI is InChI=1S/C16H16F3NO6S/c1-25-14(21)8-7-11(10-15(22)26-2)9-12-5-3-4-6-13(12)20-27(23,24)16(17,18)19/h3-8,10,20H,9H2,1-2H3/b8-7+,11-10+. The highest BCUT2D eigenvalue weighted by atomic mass is 32.2. The molecule has 148 valence electrons. The molecule has 1 aromatic rings. The van der Waals surface area contributed by atoms with Crippen LogP contribution in [0.5, 0.6) is 0 Å². The zero-order chi connectivity index (χ0) is 20.7. The third kappa shape index (κ3) is 6.77. The number of esters is 2. The molecular formula is C16H16F3NO6S. The van der Waals surface area contributed by atoms with Crippen molar-refractivity contribution in [1.82, 2.24) is 0 Å². The number of hydrogen-bond acceptors (Lipinski definition) is 6. The largest absolute Gasteiger partial charge is 0.516 e. The minimum absolute atomic E-state index is 0.134. The topological polar surface area (TPSA) is 98.8 Å². The van der Waals surface area contributed by atoms with Crippen LogP contribution in [0.2, 0.25) is 0 Å². The van der Waals surface area contributed by atoms with Crippen molar-refractivity contribution in [2.75, 3.05) is 18.9 Å². The van der Waals surface area contributed by atoms with Gasteiger partial charge in [-0.2, -0.15) is 21.6 Å². The summed E-state index contributed by atoms with van der Waals surface area (Å²) in [5.74, 6) is -1.50. The summed E-state index contributed by atoms with van der Waals surface area (Å²) in [4.78, 5) is 22.7. The van der Waals surface area contributed by atoms with Crippen LogP contribution in [0, 0.1) is 0 Å². The maximum absolute atomic E-state index is 12.6. The Morgan fingerprint density at radius 3 is 2.22 bits per heavy atom. The van der Waals surface area contributed by atoms with Crippen molar-refractivity contribution in [2.24, 2.45) is 0 Å². The number of alkyl halides is 3. The summed E-state index contributed by atoms with van der Waals surface area (Å²) < 4.78 is 70.8. The quantitative estimate of drug-likeness (QED) is 0.423. The summed E-state index contributed by atoms with van der Waals surface area (Å²) in [6.07, 6.45) is 3.04. The van der Waals surface area contributed by atoms with Gasteiger partial charge in [0.05, 0.1) is 19.9 Å². The predicted octanol–water partition coefficient (Wildman–Crippen LogP) is 2.32. The minimum atomic E-state index is -5.62. The minimum Gasteiger partial charge on any atom is -0.466 e. The lowest BCUT2D eigenvalue weighted by Gasteiger charge is -2.14. The van der Waals surface area contributed by atoms with Gasteiger partial charge >= 0.3 is 27.5 Å². The first-order valence-electron chi connectivity index (χ1n) is 7.21. The Bertz CT molecular complexity index is 859. The molecule has 1 aromatic carbocycles. The molecule has 27 heavy (non-hydrogen) atoms. The Morgan fingerprint density at radius 1 is 1.07 bits per heavy atom. The van der Waals surface area contributed by atoms with E-state index in [1.807, 2.05) is 0 Å².